The van der Waals surface area contributed by atoms with Crippen molar-refractivity contribution >= 4 is 39.2 Å². The van der Waals surface area contributed by atoms with Gasteiger partial charge in [-0.3, -0.25) is 0 Å². The molecule has 3 heterocycles. The van der Waals surface area contributed by atoms with E-state index < -0.39 is 33.3 Å². The fraction of sp³-hybridized carbons (Fsp3) is 0.939. The number of carbonyl (C=O) groups excluding carboxylic acids is 1. The zero-order valence-corrected chi connectivity index (χ0v) is 46.3. The highest BCUT2D eigenvalue weighted by molar-refractivity contribution is 6.70. The molecular formula is C49H98O8Si4. The first-order valence-corrected chi connectivity index (χ1v) is 39.1. The van der Waals surface area contributed by atoms with E-state index in [9.17, 15) is 4.79 Å². The van der Waals surface area contributed by atoms with Gasteiger partial charge in [0.05, 0.1) is 36.6 Å². The Bertz CT molecular complexity index is 1250. The van der Waals surface area contributed by atoms with Gasteiger partial charge in [0.2, 0.25) is 0 Å². The highest BCUT2D eigenvalue weighted by atomic mass is 28.4. The molecule has 0 aliphatic carbocycles. The first kappa shape index (κ1) is 55.2. The predicted octanol–water partition coefficient (Wildman–Crippen LogP) is 14.3. The Balaban J connectivity index is 1.52. The molecule has 8 nitrogen and oxygen atoms in total. The van der Waals surface area contributed by atoms with Gasteiger partial charge in [0.25, 0.3) is 0 Å². The molecule has 358 valence electrons. The van der Waals surface area contributed by atoms with Crippen molar-refractivity contribution in [2.75, 3.05) is 0 Å². The molecule has 2 saturated heterocycles. The van der Waals surface area contributed by atoms with Crippen molar-refractivity contribution in [2.45, 2.75) is 295 Å². The van der Waals surface area contributed by atoms with Crippen LogP contribution in [0.25, 0.3) is 0 Å². The Morgan fingerprint density at radius 2 is 0.934 bits per heavy atom. The molecular weight excluding hydrogens is 829 g/mol. The topological polar surface area (TPSA) is 81.7 Å². The summed E-state index contributed by atoms with van der Waals surface area (Å²) in [5.74, 6) is -0.176. The lowest BCUT2D eigenvalue weighted by Crippen LogP contribution is -2.41. The van der Waals surface area contributed by atoms with Gasteiger partial charge in [0, 0.05) is 24.2 Å². The summed E-state index contributed by atoms with van der Waals surface area (Å²) in [6.07, 6.45) is 29.9. The van der Waals surface area contributed by atoms with Gasteiger partial charge < -0.3 is 31.9 Å². The maximum absolute atomic E-state index is 12.4. The van der Waals surface area contributed by atoms with Crippen molar-refractivity contribution in [3.63, 3.8) is 0 Å². The van der Waals surface area contributed by atoms with Crippen molar-refractivity contribution < 1.29 is 36.7 Å². The summed E-state index contributed by atoms with van der Waals surface area (Å²) < 4.78 is 46.5. The lowest BCUT2D eigenvalue weighted by atomic mass is 9.98. The van der Waals surface area contributed by atoms with E-state index in [0.29, 0.717) is 6.42 Å². The Morgan fingerprint density at radius 3 is 1.39 bits per heavy atom. The Hall–Kier alpha value is -0.162. The molecule has 3 aliphatic rings. The minimum Gasteiger partial charge on any atom is -0.455 e. The molecule has 0 bridgehead atoms. The van der Waals surface area contributed by atoms with Gasteiger partial charge in [-0.05, 0) is 149 Å². The van der Waals surface area contributed by atoms with E-state index in [4.69, 9.17) is 31.9 Å². The molecule has 0 N–H and O–H groups in total. The second-order valence-corrected chi connectivity index (χ2v) is 40.9. The molecule has 0 aromatic rings. The van der Waals surface area contributed by atoms with Crippen molar-refractivity contribution in [1.82, 2.24) is 0 Å². The third-order valence-corrected chi connectivity index (χ3v) is 16.2. The number of esters is 1. The maximum Gasteiger partial charge on any atom is 0.334 e. The third-order valence-electron chi connectivity index (χ3n) is 12.1. The largest absolute Gasteiger partial charge is 0.455 e. The van der Waals surface area contributed by atoms with Crippen LogP contribution >= 0.6 is 0 Å². The molecule has 61 heavy (non-hydrogen) atoms. The van der Waals surface area contributed by atoms with Gasteiger partial charge in [-0.25, -0.2) is 4.79 Å². The molecule has 2 fully saturated rings. The second-order valence-electron chi connectivity index (χ2n) is 23.0. The minimum atomic E-state index is -1.82. The van der Waals surface area contributed by atoms with Crippen molar-refractivity contribution in [3.05, 3.63) is 11.6 Å². The van der Waals surface area contributed by atoms with E-state index >= 15 is 0 Å². The number of ether oxygens (including phenoxy) is 3. The molecule has 12 heteroatoms. The number of hydrogen-bond donors (Lipinski definition) is 0. The van der Waals surface area contributed by atoms with Gasteiger partial charge in [-0.15, -0.1) is 0 Å². The summed E-state index contributed by atoms with van der Waals surface area (Å²) in [4.78, 5) is 12.4. The third kappa shape index (κ3) is 24.3. The molecule has 0 amide bonds. The van der Waals surface area contributed by atoms with E-state index in [1.165, 1.54) is 64.2 Å². The average molecular weight is 928 g/mol. The number of unbranched alkanes of at least 4 members (excludes halogenated alkanes) is 11. The van der Waals surface area contributed by atoms with Gasteiger partial charge in [-0.1, -0.05) is 90.4 Å². The Labute approximate surface area is 381 Å². The highest BCUT2D eigenvalue weighted by Gasteiger charge is 2.43. The van der Waals surface area contributed by atoms with Gasteiger partial charge >= 0.3 is 5.97 Å². The van der Waals surface area contributed by atoms with Crippen LogP contribution in [-0.4, -0.2) is 94.2 Å². The van der Waals surface area contributed by atoms with Crippen LogP contribution < -0.4 is 0 Å². The van der Waals surface area contributed by atoms with Crippen LogP contribution in [0.3, 0.4) is 0 Å². The zero-order chi connectivity index (χ0) is 45.3. The Morgan fingerprint density at radius 1 is 0.525 bits per heavy atom. The molecule has 9 atom stereocenters. The van der Waals surface area contributed by atoms with E-state index in [1.54, 1.807) is 0 Å². The minimum absolute atomic E-state index is 0.0642. The average Bonchev–Trinajstić information content (AvgIpc) is 3.88. The number of rotatable bonds is 33. The Kier molecular flexibility index (Phi) is 24.3. The highest BCUT2D eigenvalue weighted by Crippen LogP contribution is 2.37. The van der Waals surface area contributed by atoms with Crippen molar-refractivity contribution in [3.8, 4) is 0 Å². The van der Waals surface area contributed by atoms with Crippen molar-refractivity contribution in [1.29, 1.82) is 0 Å². The van der Waals surface area contributed by atoms with Crippen LogP contribution in [0, 0.1) is 0 Å². The van der Waals surface area contributed by atoms with Crippen LogP contribution in [0.4, 0.5) is 0 Å². The van der Waals surface area contributed by atoms with E-state index in [1.807, 2.05) is 13.0 Å². The predicted molar refractivity (Wildman–Crippen MR) is 266 cm³/mol. The summed E-state index contributed by atoms with van der Waals surface area (Å²) in [5, 5.41) is 0. The second kappa shape index (κ2) is 26.8. The SMILES string of the molecule is CCCCCCCCCCCC[C@@H](O[Si](C)(C)C)[C@H]1CC[C@@H]([C@@H]2CC[C@@H]([C@H](CCC(CCCCCC(CC3=CC(C)OC3=O)O[Si](C)(C)C)O[Si](C)(C)C)O[Si](C)(C)C)O2)O1. The fourth-order valence-electron chi connectivity index (χ4n) is 9.62. The lowest BCUT2D eigenvalue weighted by Gasteiger charge is -2.34. The quantitative estimate of drug-likeness (QED) is 0.0366. The number of hydrogen-bond acceptors (Lipinski definition) is 8. The molecule has 3 aliphatic heterocycles. The monoisotopic (exact) mass is 927 g/mol. The van der Waals surface area contributed by atoms with Crippen LogP contribution in [0.1, 0.15) is 162 Å². The first-order valence-electron chi connectivity index (χ1n) is 25.4. The summed E-state index contributed by atoms with van der Waals surface area (Å²) in [6, 6.07) is 0. The smallest absolute Gasteiger partial charge is 0.334 e. The molecule has 0 aromatic heterocycles. The van der Waals surface area contributed by atoms with E-state index in [2.05, 4.69) is 85.5 Å². The zero-order valence-electron chi connectivity index (χ0n) is 42.3. The summed E-state index contributed by atoms with van der Waals surface area (Å²) in [6.45, 7) is 31.8. The number of carbonyl (C=O) groups is 1. The molecule has 3 rings (SSSR count). The van der Waals surface area contributed by atoms with Crippen LogP contribution in [0.15, 0.2) is 11.6 Å². The molecule has 0 saturated carbocycles. The van der Waals surface area contributed by atoms with Gasteiger partial charge in [0.1, 0.15) is 6.10 Å². The standard InChI is InChI=1S/C49H98O8Si4/c1-15-16-17-18-19-20-21-22-23-27-30-47(56-60(9,10)11)45-35-33-43(52-45)44-34-36-46(53-44)48(57-61(12,13)14)32-31-41(54-58(3,4)5)28-25-24-26-29-42(55-59(6,7)8)38-40-37-39(2)51-49(40)50/h37,39,41-48H,15-36,38H2,1-14H3/t39?,41?,42?,43-,44-,45+,46-,47+,48-/m0/s1. The molecule has 0 radical (unpaired) electrons. The fourth-order valence-corrected chi connectivity index (χ4v) is 14.4. The van der Waals surface area contributed by atoms with Crippen LogP contribution in [0.5, 0.6) is 0 Å². The maximum atomic E-state index is 12.4. The summed E-state index contributed by atoms with van der Waals surface area (Å²) in [7, 11) is -7.05. The first-order chi connectivity index (χ1) is 28.5. The van der Waals surface area contributed by atoms with Gasteiger partial charge in [0.15, 0.2) is 33.3 Å². The molecule has 3 unspecified atom stereocenters. The summed E-state index contributed by atoms with van der Waals surface area (Å²) in [5.41, 5.74) is 0.780. The van der Waals surface area contributed by atoms with E-state index in [0.717, 1.165) is 82.6 Å². The number of cyclic esters (lactones) is 1. The van der Waals surface area contributed by atoms with Crippen LogP contribution in [-0.2, 0) is 36.7 Å². The van der Waals surface area contributed by atoms with Gasteiger partial charge in [-0.2, -0.15) is 0 Å². The summed E-state index contributed by atoms with van der Waals surface area (Å²) >= 11 is 0. The van der Waals surface area contributed by atoms with Crippen molar-refractivity contribution in [2.24, 2.45) is 0 Å². The molecule has 0 spiro atoms. The normalized spacial score (nSPS) is 24.9. The van der Waals surface area contributed by atoms with Crippen LogP contribution in [0.2, 0.25) is 78.6 Å². The molecule has 0 aromatic carbocycles. The lowest BCUT2D eigenvalue weighted by molar-refractivity contribution is -0.139. The van der Waals surface area contributed by atoms with E-state index in [-0.39, 0.29) is 60.9 Å².